The average Bonchev–Trinajstić information content (AvgIpc) is 1.46. The van der Waals surface area contributed by atoms with Gasteiger partial charge in [-0.05, 0) is 139 Å². The molecule has 0 aliphatic carbocycles. The van der Waals surface area contributed by atoms with Crippen LogP contribution in [0.4, 0.5) is 0 Å². The SMILES string of the molecule is C1CCOC1.CC.CCC.CCCC.CCCC(C)CC.CCCc1cnc(C(C)OC)c(/C(=C(\CC(C)C)c2cc(-c3cccc(CC(NC(=O)C(C(C)C)N(C)C=O)C(=O)N4CCCCN4)c3)ccc2C)C(C)CC)c1.O=CO.c1ccccc1. The number of methoxy groups -OCH3 is 1. The molecule has 6 rings (SSSR count). The van der Waals surface area contributed by atoms with Crippen molar-refractivity contribution >= 4 is 35.8 Å². The van der Waals surface area contributed by atoms with Crippen molar-refractivity contribution in [2.24, 2.45) is 23.7 Å². The second-order valence-corrected chi connectivity index (χ2v) is 23.4. The lowest BCUT2D eigenvalue weighted by Crippen LogP contribution is -2.58. The molecule has 0 radical (unpaired) electrons. The van der Waals surface area contributed by atoms with Crippen molar-refractivity contribution < 1.29 is 33.8 Å². The monoisotopic (exact) mass is 1210 g/mol. The highest BCUT2D eigenvalue weighted by Crippen LogP contribution is 2.42. The Labute approximate surface area is 531 Å². The van der Waals surface area contributed by atoms with Gasteiger partial charge in [0.1, 0.15) is 12.1 Å². The fourth-order valence-corrected chi connectivity index (χ4v) is 9.68. The summed E-state index contributed by atoms with van der Waals surface area (Å²) in [5, 5.41) is 11.6. The normalized spacial score (nSPS) is 14.2. The van der Waals surface area contributed by atoms with E-state index in [1.807, 2.05) is 82.4 Å². The van der Waals surface area contributed by atoms with Gasteiger partial charge in [-0.25, -0.2) is 5.43 Å². The maximum Gasteiger partial charge on any atom is 0.290 e. The number of carbonyl (C=O) groups is 4. The molecule has 1 aromatic heterocycles. The van der Waals surface area contributed by atoms with Gasteiger partial charge in [0.15, 0.2) is 0 Å². The minimum absolute atomic E-state index is 0.134. The van der Waals surface area contributed by atoms with Crippen LogP contribution in [-0.2, 0) is 41.5 Å². The Morgan fingerprint density at radius 2 is 1.34 bits per heavy atom. The zero-order valence-corrected chi connectivity index (χ0v) is 58.5. The molecule has 5 unspecified atom stereocenters. The largest absolute Gasteiger partial charge is 0.483 e. The zero-order valence-electron chi connectivity index (χ0n) is 58.5. The second kappa shape index (κ2) is 52.3. The Morgan fingerprint density at radius 1 is 0.759 bits per heavy atom. The minimum Gasteiger partial charge on any atom is -0.483 e. The third-order valence-corrected chi connectivity index (χ3v) is 14.8. The molecule has 3 amide bonds. The number of carbonyl (C=O) groups excluding carboxylic acids is 3. The number of aryl methyl sites for hydroxylation is 2. The summed E-state index contributed by atoms with van der Waals surface area (Å²) in [5.41, 5.74) is 14.8. The van der Waals surface area contributed by atoms with Crippen molar-refractivity contribution in [3.8, 4) is 11.1 Å². The van der Waals surface area contributed by atoms with E-state index in [1.54, 1.807) is 19.2 Å². The van der Waals surface area contributed by atoms with E-state index in [2.05, 4.69) is 144 Å². The fourth-order valence-electron chi connectivity index (χ4n) is 9.68. The number of aromatic nitrogens is 1. The van der Waals surface area contributed by atoms with E-state index in [4.69, 9.17) is 24.4 Å². The van der Waals surface area contributed by atoms with Crippen LogP contribution in [0.25, 0.3) is 22.3 Å². The highest BCUT2D eigenvalue weighted by molar-refractivity contribution is 5.94. The first kappa shape index (κ1) is 83.4. The summed E-state index contributed by atoms with van der Waals surface area (Å²) in [6.45, 7) is 41.9. The van der Waals surface area contributed by atoms with Gasteiger partial charge in [0.05, 0.1) is 11.8 Å². The highest BCUT2D eigenvalue weighted by Gasteiger charge is 2.33. The van der Waals surface area contributed by atoms with Crippen LogP contribution in [0.3, 0.4) is 0 Å². The van der Waals surface area contributed by atoms with Gasteiger partial charge in [0.2, 0.25) is 12.3 Å². The third kappa shape index (κ3) is 34.0. The molecule has 87 heavy (non-hydrogen) atoms. The van der Waals surface area contributed by atoms with Gasteiger partial charge in [-0.1, -0.05) is 229 Å². The molecule has 12 heteroatoms. The number of unbranched alkanes of at least 4 members (excludes halogenated alkanes) is 1. The Balaban J connectivity index is 0. The standard InChI is InChI=1S/C48H69N5O4.C7H16.C6H6.C4H8O.C4H10.C3H8.C2H6.CH2O2/c1-12-17-37-26-42(45(49-29-37)35(9)57-11)44(33(7)13-2)41(24-31(3)4)40-28-39(21-20-34(40)8)38-19-16-18-36(25-38)27-43(48(56)53-23-15-14-22-50-53)51-47(55)46(32(5)6)52(10)30-54;1-4-6-7(3)5-2;1-2-4-6-5-3-1;1-2-4-5-3-1;1-3-4-2;1-3-2;1-2;2-1-3/h16,18-21,25-26,28-33,35,43,46,50H,12-15,17,22-24,27H2,1-11H3,(H,51,55);7H,4-6H2,1-3H3;1-6H;1-4H2;3-4H2,1-2H3;3H2,1-2H3;1-2H3;1H,(H,2,3)/b44-41+;;;;;;;. The van der Waals surface area contributed by atoms with Crippen molar-refractivity contribution in [3.63, 3.8) is 0 Å². The molecule has 3 N–H and O–H groups in total. The summed E-state index contributed by atoms with van der Waals surface area (Å²) in [6.07, 6.45) is 19.2. The van der Waals surface area contributed by atoms with Crippen LogP contribution >= 0.6 is 0 Å². The van der Waals surface area contributed by atoms with Crippen molar-refractivity contribution in [1.29, 1.82) is 0 Å². The molecule has 3 heterocycles. The average molecular weight is 1210 g/mol. The molecule has 0 saturated carbocycles. The summed E-state index contributed by atoms with van der Waals surface area (Å²) in [6, 6.07) is 27.9. The molecule has 2 aliphatic heterocycles. The van der Waals surface area contributed by atoms with E-state index in [-0.39, 0.29) is 36.2 Å². The number of nitrogens with zero attached hydrogens (tertiary/aromatic N) is 3. The Bertz CT molecular complexity index is 2360. The van der Waals surface area contributed by atoms with Crippen LogP contribution in [0.5, 0.6) is 0 Å². The van der Waals surface area contributed by atoms with E-state index >= 15 is 0 Å². The number of rotatable bonds is 23. The molecule has 2 aliphatic rings. The van der Waals surface area contributed by atoms with E-state index < -0.39 is 12.1 Å². The molecule has 2 saturated heterocycles. The number of nitrogens with one attached hydrogen (secondary N) is 2. The van der Waals surface area contributed by atoms with Gasteiger partial charge in [0, 0.05) is 58.6 Å². The highest BCUT2D eigenvalue weighted by atomic mass is 16.5. The first-order valence-corrected chi connectivity index (χ1v) is 33.4. The van der Waals surface area contributed by atoms with Crippen LogP contribution in [-0.4, -0.2) is 97.2 Å². The molecule has 0 bridgehead atoms. The number of allylic oxidation sites excluding steroid dienone is 2. The number of pyridine rings is 1. The number of carboxylic acid groups (broad SMARTS) is 1. The van der Waals surface area contributed by atoms with Crippen LogP contribution in [0.15, 0.2) is 91.1 Å². The Hall–Kier alpha value is -5.69. The Morgan fingerprint density at radius 3 is 1.78 bits per heavy atom. The predicted molar refractivity (Wildman–Crippen MR) is 370 cm³/mol. The molecule has 492 valence electrons. The summed E-state index contributed by atoms with van der Waals surface area (Å²) < 4.78 is 10.8. The number of ether oxygens (including phenoxy) is 2. The molecule has 3 aromatic carbocycles. The van der Waals surface area contributed by atoms with Crippen molar-refractivity contribution in [1.82, 2.24) is 25.6 Å². The minimum atomic E-state index is -0.812. The van der Waals surface area contributed by atoms with Gasteiger partial charge in [-0.15, -0.1) is 0 Å². The summed E-state index contributed by atoms with van der Waals surface area (Å²) in [7, 11) is 3.36. The first-order valence-electron chi connectivity index (χ1n) is 33.4. The van der Waals surface area contributed by atoms with Crippen LogP contribution < -0.4 is 10.7 Å². The molecular weight excluding hydrogens is 1080 g/mol. The maximum atomic E-state index is 14.0. The summed E-state index contributed by atoms with van der Waals surface area (Å²) in [4.78, 5) is 54.2. The van der Waals surface area contributed by atoms with Gasteiger partial charge < -0.3 is 24.8 Å². The van der Waals surface area contributed by atoms with Crippen LogP contribution in [0.2, 0.25) is 0 Å². The van der Waals surface area contributed by atoms with E-state index in [0.29, 0.717) is 31.8 Å². The fraction of sp³-hybridized carbons (Fsp3) is 0.613. The quantitative estimate of drug-likeness (QED) is 0.0617. The number of amides is 3. The number of likely N-dealkylation sites (N-methyl/N-ethyl adjacent to an activating group) is 1. The van der Waals surface area contributed by atoms with Gasteiger partial charge >= 0.3 is 0 Å². The van der Waals surface area contributed by atoms with Crippen molar-refractivity contribution in [3.05, 3.63) is 125 Å². The third-order valence-electron chi connectivity index (χ3n) is 14.8. The Kier molecular flexibility index (Phi) is 50.1. The molecule has 0 spiro atoms. The van der Waals surface area contributed by atoms with Crippen LogP contribution in [0, 0.1) is 30.6 Å². The molecule has 5 atom stereocenters. The molecule has 2 fully saturated rings. The van der Waals surface area contributed by atoms with Gasteiger partial charge in [-0.2, -0.15) is 0 Å². The topological polar surface area (TPSA) is 150 Å². The summed E-state index contributed by atoms with van der Waals surface area (Å²) >= 11 is 0. The van der Waals surface area contributed by atoms with E-state index in [0.717, 1.165) is 80.0 Å². The number of benzene rings is 3. The number of hydrazine groups is 1. The zero-order chi connectivity index (χ0) is 66.1. The molecule has 12 nitrogen and oxygen atoms in total. The van der Waals surface area contributed by atoms with E-state index in [1.165, 1.54) is 89.7 Å². The van der Waals surface area contributed by atoms with Gasteiger partial charge in [-0.3, -0.25) is 29.2 Å². The lowest BCUT2D eigenvalue weighted by Gasteiger charge is -2.33. The van der Waals surface area contributed by atoms with Gasteiger partial charge in [0.25, 0.3) is 12.4 Å². The van der Waals surface area contributed by atoms with Crippen molar-refractivity contribution in [2.75, 3.05) is 40.5 Å². The molecular formula is C75H125N5O7. The maximum absolute atomic E-state index is 14.0. The lowest BCUT2D eigenvalue weighted by molar-refractivity contribution is -0.142. The van der Waals surface area contributed by atoms with Crippen LogP contribution in [0.1, 0.15) is 241 Å². The second-order valence-electron chi connectivity index (χ2n) is 23.4. The smallest absolute Gasteiger partial charge is 0.290 e. The van der Waals surface area contributed by atoms with Crippen molar-refractivity contribution in [2.45, 2.75) is 239 Å². The number of hydrogen-bond donors (Lipinski definition) is 3. The lowest BCUT2D eigenvalue weighted by atomic mass is 9.79. The molecule has 4 aromatic rings. The number of hydrogen-bond acceptors (Lipinski definition) is 8. The summed E-state index contributed by atoms with van der Waals surface area (Å²) in [5.74, 6) is 1.00. The first-order chi connectivity index (χ1) is 41.8. The predicted octanol–water partition coefficient (Wildman–Crippen LogP) is 18.3. The van der Waals surface area contributed by atoms with E-state index in [9.17, 15) is 14.4 Å².